The quantitative estimate of drug-likeness (QED) is 0.761. The SMILES string of the molecule is CN(C)CCOc1cccc(-c2ccc(Cl)cc2)c1C=O. The zero-order valence-corrected chi connectivity index (χ0v) is 12.9. The lowest BCUT2D eigenvalue weighted by molar-refractivity contribution is 0.111. The van der Waals surface area contributed by atoms with Crippen LogP contribution in [0.2, 0.25) is 5.02 Å². The second-order valence-electron chi connectivity index (χ2n) is 4.99. The summed E-state index contributed by atoms with van der Waals surface area (Å²) in [5.41, 5.74) is 2.36. The average Bonchev–Trinajstić information content (AvgIpc) is 2.47. The molecule has 0 heterocycles. The largest absolute Gasteiger partial charge is 0.491 e. The van der Waals surface area contributed by atoms with Gasteiger partial charge in [-0.1, -0.05) is 35.9 Å². The highest BCUT2D eigenvalue weighted by molar-refractivity contribution is 6.30. The first-order valence-electron chi connectivity index (χ1n) is 6.73. The summed E-state index contributed by atoms with van der Waals surface area (Å²) in [5, 5.41) is 0.671. The van der Waals surface area contributed by atoms with Gasteiger partial charge in [0.1, 0.15) is 12.4 Å². The number of carbonyl (C=O) groups is 1. The number of likely N-dealkylation sites (N-methyl/N-ethyl adjacent to an activating group) is 1. The van der Waals surface area contributed by atoms with E-state index >= 15 is 0 Å². The van der Waals surface area contributed by atoms with Gasteiger partial charge in [0.25, 0.3) is 0 Å². The van der Waals surface area contributed by atoms with Crippen molar-refractivity contribution < 1.29 is 9.53 Å². The van der Waals surface area contributed by atoms with Gasteiger partial charge in [0.05, 0.1) is 5.56 Å². The fourth-order valence-electron chi connectivity index (χ4n) is 2.01. The zero-order valence-electron chi connectivity index (χ0n) is 12.2. The predicted octanol–water partition coefficient (Wildman–Crippen LogP) is 3.76. The second-order valence-corrected chi connectivity index (χ2v) is 5.43. The van der Waals surface area contributed by atoms with Crippen molar-refractivity contribution in [1.29, 1.82) is 0 Å². The Labute approximate surface area is 130 Å². The summed E-state index contributed by atoms with van der Waals surface area (Å²) in [6.45, 7) is 1.33. The minimum Gasteiger partial charge on any atom is -0.491 e. The molecule has 0 atom stereocenters. The monoisotopic (exact) mass is 303 g/mol. The number of hydrogen-bond acceptors (Lipinski definition) is 3. The van der Waals surface area contributed by atoms with Crippen LogP contribution in [-0.2, 0) is 0 Å². The van der Waals surface area contributed by atoms with Gasteiger partial charge < -0.3 is 9.64 Å². The maximum atomic E-state index is 11.5. The maximum absolute atomic E-state index is 11.5. The first-order valence-corrected chi connectivity index (χ1v) is 7.11. The van der Waals surface area contributed by atoms with Crippen LogP contribution in [0.1, 0.15) is 10.4 Å². The van der Waals surface area contributed by atoms with Gasteiger partial charge in [0.2, 0.25) is 0 Å². The maximum Gasteiger partial charge on any atom is 0.154 e. The van der Waals surface area contributed by atoms with Gasteiger partial charge >= 0.3 is 0 Å². The molecule has 3 nitrogen and oxygen atoms in total. The van der Waals surface area contributed by atoms with Crippen LogP contribution in [0.15, 0.2) is 42.5 Å². The third kappa shape index (κ3) is 4.06. The summed E-state index contributed by atoms with van der Waals surface area (Å²) < 4.78 is 5.73. The van der Waals surface area contributed by atoms with Gasteiger partial charge in [0.15, 0.2) is 6.29 Å². The van der Waals surface area contributed by atoms with E-state index in [0.717, 1.165) is 24.0 Å². The third-order valence-electron chi connectivity index (χ3n) is 3.14. The van der Waals surface area contributed by atoms with E-state index < -0.39 is 0 Å². The normalized spacial score (nSPS) is 10.7. The van der Waals surface area contributed by atoms with Gasteiger partial charge in [0, 0.05) is 11.6 Å². The molecule has 0 aromatic heterocycles. The Bertz CT molecular complexity index is 609. The molecule has 0 aliphatic heterocycles. The van der Waals surface area contributed by atoms with E-state index in [0.29, 0.717) is 22.9 Å². The van der Waals surface area contributed by atoms with Gasteiger partial charge in [-0.3, -0.25) is 4.79 Å². The van der Waals surface area contributed by atoms with Crippen LogP contribution in [0.4, 0.5) is 0 Å². The molecule has 0 saturated heterocycles. The highest BCUT2D eigenvalue weighted by atomic mass is 35.5. The number of ether oxygens (including phenoxy) is 1. The molecule has 0 radical (unpaired) electrons. The van der Waals surface area contributed by atoms with Crippen LogP contribution in [0.5, 0.6) is 5.75 Å². The van der Waals surface area contributed by atoms with E-state index in [4.69, 9.17) is 16.3 Å². The molecule has 0 spiro atoms. The van der Waals surface area contributed by atoms with E-state index in [2.05, 4.69) is 0 Å². The lowest BCUT2D eigenvalue weighted by Gasteiger charge is -2.14. The smallest absolute Gasteiger partial charge is 0.154 e. The van der Waals surface area contributed by atoms with Crippen molar-refractivity contribution in [2.24, 2.45) is 0 Å². The topological polar surface area (TPSA) is 29.5 Å². The number of halogens is 1. The van der Waals surface area contributed by atoms with Crippen LogP contribution in [-0.4, -0.2) is 38.4 Å². The predicted molar refractivity (Wildman–Crippen MR) is 86.3 cm³/mol. The molecule has 0 aliphatic rings. The number of aldehydes is 1. The van der Waals surface area contributed by atoms with Crippen LogP contribution in [0.3, 0.4) is 0 Å². The number of rotatable bonds is 6. The highest BCUT2D eigenvalue weighted by Gasteiger charge is 2.10. The molecule has 2 rings (SSSR count). The molecule has 4 heteroatoms. The van der Waals surface area contributed by atoms with E-state index in [1.165, 1.54) is 0 Å². The third-order valence-corrected chi connectivity index (χ3v) is 3.39. The molecule has 2 aromatic carbocycles. The molecule has 0 fully saturated rings. The van der Waals surface area contributed by atoms with E-state index in [-0.39, 0.29) is 0 Å². The van der Waals surface area contributed by atoms with Crippen molar-refractivity contribution in [1.82, 2.24) is 4.90 Å². The molecule has 0 N–H and O–H groups in total. The average molecular weight is 304 g/mol. The van der Waals surface area contributed by atoms with Crippen LogP contribution in [0.25, 0.3) is 11.1 Å². The van der Waals surface area contributed by atoms with Crippen molar-refractivity contribution >= 4 is 17.9 Å². The standard InChI is InChI=1S/C17H18ClNO2/c1-19(2)10-11-21-17-5-3-4-15(16(17)12-20)13-6-8-14(18)9-7-13/h3-9,12H,10-11H2,1-2H3. The number of nitrogens with zero attached hydrogens (tertiary/aromatic N) is 1. The van der Waals surface area contributed by atoms with Gasteiger partial charge in [-0.15, -0.1) is 0 Å². The molecule has 0 unspecified atom stereocenters. The molecule has 0 saturated carbocycles. The first kappa shape index (κ1) is 15.5. The summed E-state index contributed by atoms with van der Waals surface area (Å²) in [5.74, 6) is 0.610. The zero-order chi connectivity index (χ0) is 15.2. The fourth-order valence-corrected chi connectivity index (χ4v) is 2.14. The number of hydrogen-bond donors (Lipinski definition) is 0. The molecule has 0 amide bonds. The second kappa shape index (κ2) is 7.25. The van der Waals surface area contributed by atoms with Crippen molar-refractivity contribution in [2.45, 2.75) is 0 Å². The summed E-state index contributed by atoms with van der Waals surface area (Å²) in [7, 11) is 3.96. The number of carbonyl (C=O) groups excluding carboxylic acids is 1. The van der Waals surface area contributed by atoms with E-state index in [1.807, 2.05) is 61.5 Å². The Morgan fingerprint density at radius 2 is 1.86 bits per heavy atom. The Morgan fingerprint density at radius 3 is 2.48 bits per heavy atom. The van der Waals surface area contributed by atoms with Gasteiger partial charge in [-0.25, -0.2) is 0 Å². The van der Waals surface area contributed by atoms with Gasteiger partial charge in [-0.05, 0) is 43.4 Å². The lowest BCUT2D eigenvalue weighted by Crippen LogP contribution is -2.19. The Balaban J connectivity index is 2.30. The molecule has 2 aromatic rings. The summed E-state index contributed by atoms with van der Waals surface area (Å²) >= 11 is 5.90. The van der Waals surface area contributed by atoms with Crippen molar-refractivity contribution in [3.8, 4) is 16.9 Å². The lowest BCUT2D eigenvalue weighted by atomic mass is 10.00. The van der Waals surface area contributed by atoms with Crippen LogP contribution < -0.4 is 4.74 Å². The Kier molecular flexibility index (Phi) is 5.37. The Morgan fingerprint density at radius 1 is 1.14 bits per heavy atom. The van der Waals surface area contributed by atoms with Crippen molar-refractivity contribution in [3.05, 3.63) is 53.1 Å². The molecular weight excluding hydrogens is 286 g/mol. The molecule has 0 bridgehead atoms. The summed E-state index contributed by atoms with van der Waals surface area (Å²) in [6, 6.07) is 13.0. The Hall–Kier alpha value is -1.84. The highest BCUT2D eigenvalue weighted by Crippen LogP contribution is 2.30. The minimum absolute atomic E-state index is 0.540. The van der Waals surface area contributed by atoms with E-state index in [9.17, 15) is 4.79 Å². The summed E-state index contributed by atoms with van der Waals surface area (Å²) in [6.07, 6.45) is 0.842. The van der Waals surface area contributed by atoms with Crippen molar-refractivity contribution in [2.75, 3.05) is 27.2 Å². The fraction of sp³-hybridized carbons (Fsp3) is 0.235. The van der Waals surface area contributed by atoms with E-state index in [1.54, 1.807) is 0 Å². The minimum atomic E-state index is 0.540. The molecular formula is C17H18ClNO2. The molecule has 21 heavy (non-hydrogen) atoms. The number of benzene rings is 2. The summed E-state index contributed by atoms with van der Waals surface area (Å²) in [4.78, 5) is 13.5. The van der Waals surface area contributed by atoms with Crippen LogP contribution in [0, 0.1) is 0 Å². The molecule has 110 valence electrons. The van der Waals surface area contributed by atoms with Gasteiger partial charge in [-0.2, -0.15) is 0 Å². The van der Waals surface area contributed by atoms with Crippen LogP contribution >= 0.6 is 11.6 Å². The molecule has 0 aliphatic carbocycles. The first-order chi connectivity index (χ1) is 10.1. The van der Waals surface area contributed by atoms with Crippen molar-refractivity contribution in [3.63, 3.8) is 0 Å².